The molecule has 0 aromatic heterocycles. The van der Waals surface area contributed by atoms with Gasteiger partial charge in [0.2, 0.25) is 5.91 Å². The van der Waals surface area contributed by atoms with Crippen LogP contribution in [-0.2, 0) is 4.79 Å². The number of rotatable bonds is 5. The fraction of sp³-hybridized carbons (Fsp3) is 0.471. The maximum Gasteiger partial charge on any atom is 0.321 e. The molecule has 1 aliphatic heterocycles. The molecule has 0 unspecified atom stereocenters. The van der Waals surface area contributed by atoms with Crippen molar-refractivity contribution in [1.29, 1.82) is 0 Å². The number of nitrogens with zero attached hydrogens (tertiary/aromatic N) is 2. The van der Waals surface area contributed by atoms with Gasteiger partial charge in [-0.25, -0.2) is 4.79 Å². The molecule has 7 nitrogen and oxygen atoms in total. The topological polar surface area (TPSA) is 81.8 Å². The second-order valence-electron chi connectivity index (χ2n) is 5.88. The molecule has 1 saturated heterocycles. The van der Waals surface area contributed by atoms with Crippen LogP contribution < -0.4 is 10.6 Å². The van der Waals surface area contributed by atoms with Gasteiger partial charge in [0, 0.05) is 43.3 Å². The van der Waals surface area contributed by atoms with E-state index < -0.39 is 6.03 Å². The van der Waals surface area contributed by atoms with Crippen molar-refractivity contribution in [3.8, 4) is 0 Å². The molecule has 0 aliphatic carbocycles. The maximum atomic E-state index is 12.4. The van der Waals surface area contributed by atoms with E-state index in [1.54, 1.807) is 29.2 Å². The molecule has 1 fully saturated rings. The van der Waals surface area contributed by atoms with Gasteiger partial charge in [-0.3, -0.25) is 19.8 Å². The zero-order chi connectivity index (χ0) is 18.2. The van der Waals surface area contributed by atoms with Gasteiger partial charge in [-0.15, -0.1) is 0 Å². The average Bonchev–Trinajstić information content (AvgIpc) is 2.60. The second kappa shape index (κ2) is 9.39. The van der Waals surface area contributed by atoms with Crippen LogP contribution in [0, 0.1) is 0 Å². The third-order valence-corrected chi connectivity index (χ3v) is 4.16. The predicted molar refractivity (Wildman–Crippen MR) is 95.6 cm³/mol. The Morgan fingerprint density at radius 3 is 2.32 bits per heavy atom. The summed E-state index contributed by atoms with van der Waals surface area (Å²) in [5, 5.41) is 5.49. The van der Waals surface area contributed by atoms with E-state index in [1.807, 2.05) is 11.8 Å². The van der Waals surface area contributed by atoms with E-state index in [0.717, 1.165) is 6.42 Å². The lowest BCUT2D eigenvalue weighted by Gasteiger charge is -2.34. The first kappa shape index (κ1) is 19.2. The van der Waals surface area contributed by atoms with Gasteiger partial charge < -0.3 is 10.2 Å². The molecule has 0 bridgehead atoms. The molecule has 1 aliphatic rings. The van der Waals surface area contributed by atoms with E-state index in [4.69, 9.17) is 11.6 Å². The molecule has 0 saturated carbocycles. The summed E-state index contributed by atoms with van der Waals surface area (Å²) in [4.78, 5) is 39.4. The molecule has 1 aromatic carbocycles. The molecule has 1 aromatic rings. The van der Waals surface area contributed by atoms with Crippen molar-refractivity contribution in [2.24, 2.45) is 0 Å². The zero-order valence-electron chi connectivity index (χ0n) is 14.3. The van der Waals surface area contributed by atoms with Crippen molar-refractivity contribution >= 4 is 29.4 Å². The van der Waals surface area contributed by atoms with Crippen molar-refractivity contribution in [3.63, 3.8) is 0 Å². The Morgan fingerprint density at radius 1 is 1.08 bits per heavy atom. The van der Waals surface area contributed by atoms with Gasteiger partial charge >= 0.3 is 6.03 Å². The molecule has 0 spiro atoms. The first-order valence-electron chi connectivity index (χ1n) is 8.34. The highest BCUT2D eigenvalue weighted by Crippen LogP contribution is 2.13. The molecule has 0 atom stereocenters. The largest absolute Gasteiger partial charge is 0.338 e. The van der Waals surface area contributed by atoms with E-state index in [0.29, 0.717) is 43.3 Å². The molecular formula is C17H23ClN4O3. The summed E-state index contributed by atoms with van der Waals surface area (Å²) in [5.41, 5.74) is 0.600. The van der Waals surface area contributed by atoms with Crippen LogP contribution in [0.5, 0.6) is 0 Å². The van der Waals surface area contributed by atoms with Crippen molar-refractivity contribution < 1.29 is 14.4 Å². The minimum atomic E-state index is -0.469. The van der Waals surface area contributed by atoms with E-state index in [9.17, 15) is 14.4 Å². The van der Waals surface area contributed by atoms with Crippen LogP contribution in [0.25, 0.3) is 0 Å². The van der Waals surface area contributed by atoms with Gasteiger partial charge in [0.15, 0.2) is 0 Å². The summed E-state index contributed by atoms with van der Waals surface area (Å²) in [6.45, 7) is 4.86. The Hall–Kier alpha value is -2.12. The Kier molecular flexibility index (Phi) is 7.21. The number of carbonyl (C=O) groups excluding carboxylic acids is 3. The zero-order valence-corrected chi connectivity index (χ0v) is 15.0. The number of carbonyl (C=O) groups is 3. The number of urea groups is 1. The van der Waals surface area contributed by atoms with E-state index in [1.165, 1.54) is 0 Å². The van der Waals surface area contributed by atoms with Gasteiger partial charge in [0.05, 0.1) is 6.54 Å². The molecular weight excluding hydrogens is 344 g/mol. The van der Waals surface area contributed by atoms with Crippen molar-refractivity contribution in [2.45, 2.75) is 13.3 Å². The summed E-state index contributed by atoms with van der Waals surface area (Å²) in [7, 11) is 0. The van der Waals surface area contributed by atoms with Crippen LogP contribution in [0.4, 0.5) is 4.79 Å². The molecule has 8 heteroatoms. The predicted octanol–water partition coefficient (Wildman–Crippen LogP) is 1.33. The van der Waals surface area contributed by atoms with Crippen LogP contribution in [0.2, 0.25) is 5.02 Å². The minimum absolute atomic E-state index is 0.0419. The number of amides is 4. The minimum Gasteiger partial charge on any atom is -0.338 e. The second-order valence-corrected chi connectivity index (χ2v) is 6.32. The summed E-state index contributed by atoms with van der Waals surface area (Å²) in [5.74, 6) is -0.384. The standard InChI is InChI=1S/C17H23ClN4O3/c1-2-7-19-17(25)20-15(23)12-21-8-10-22(11-9-21)16(24)13-3-5-14(18)6-4-13/h3-6H,2,7-12H2,1H3,(H2,19,20,23,25). The number of benzene rings is 1. The summed E-state index contributed by atoms with van der Waals surface area (Å²) in [6, 6.07) is 6.33. The average molecular weight is 367 g/mol. The first-order valence-corrected chi connectivity index (χ1v) is 8.72. The van der Waals surface area contributed by atoms with Crippen molar-refractivity contribution in [2.75, 3.05) is 39.3 Å². The Labute approximate surface area is 152 Å². The molecule has 1 heterocycles. The molecule has 136 valence electrons. The number of piperazine rings is 1. The molecule has 4 amide bonds. The normalized spacial score (nSPS) is 14.9. The highest BCUT2D eigenvalue weighted by Gasteiger charge is 2.23. The van der Waals surface area contributed by atoms with E-state index >= 15 is 0 Å². The quantitative estimate of drug-likeness (QED) is 0.823. The molecule has 2 N–H and O–H groups in total. The van der Waals surface area contributed by atoms with Gasteiger partial charge in [0.1, 0.15) is 0 Å². The SMILES string of the molecule is CCCNC(=O)NC(=O)CN1CCN(C(=O)c2ccc(Cl)cc2)CC1. The fourth-order valence-electron chi connectivity index (χ4n) is 2.54. The van der Waals surface area contributed by atoms with Gasteiger partial charge in [0.25, 0.3) is 5.91 Å². The number of halogens is 1. The van der Waals surface area contributed by atoms with Crippen molar-refractivity contribution in [3.05, 3.63) is 34.9 Å². The number of imide groups is 1. The molecule has 2 rings (SSSR count). The first-order chi connectivity index (χ1) is 12.0. The van der Waals surface area contributed by atoms with Crippen LogP contribution in [-0.4, -0.2) is 66.9 Å². The highest BCUT2D eigenvalue weighted by atomic mass is 35.5. The van der Waals surface area contributed by atoms with E-state index in [2.05, 4.69) is 10.6 Å². The Morgan fingerprint density at radius 2 is 1.72 bits per heavy atom. The van der Waals surface area contributed by atoms with E-state index in [-0.39, 0.29) is 18.4 Å². The summed E-state index contributed by atoms with van der Waals surface area (Å²) in [6.07, 6.45) is 0.811. The summed E-state index contributed by atoms with van der Waals surface area (Å²) >= 11 is 5.84. The van der Waals surface area contributed by atoms with Crippen LogP contribution in [0.15, 0.2) is 24.3 Å². The third kappa shape index (κ3) is 6.03. The number of nitrogens with one attached hydrogen (secondary N) is 2. The maximum absolute atomic E-state index is 12.4. The lowest BCUT2D eigenvalue weighted by Crippen LogP contribution is -2.52. The Balaban J connectivity index is 1.75. The Bertz CT molecular complexity index is 613. The molecule has 0 radical (unpaired) electrons. The van der Waals surface area contributed by atoms with Gasteiger partial charge in [-0.05, 0) is 30.7 Å². The van der Waals surface area contributed by atoms with Crippen molar-refractivity contribution in [1.82, 2.24) is 20.4 Å². The monoisotopic (exact) mass is 366 g/mol. The third-order valence-electron chi connectivity index (χ3n) is 3.91. The number of hydrogen-bond donors (Lipinski definition) is 2. The highest BCUT2D eigenvalue weighted by molar-refractivity contribution is 6.30. The molecule has 25 heavy (non-hydrogen) atoms. The fourth-order valence-corrected chi connectivity index (χ4v) is 2.66. The van der Waals surface area contributed by atoms with Gasteiger partial charge in [-0.1, -0.05) is 18.5 Å². The lowest BCUT2D eigenvalue weighted by atomic mass is 10.2. The number of hydrogen-bond acceptors (Lipinski definition) is 4. The van der Waals surface area contributed by atoms with Crippen LogP contribution in [0.1, 0.15) is 23.7 Å². The van der Waals surface area contributed by atoms with Crippen LogP contribution in [0.3, 0.4) is 0 Å². The summed E-state index contributed by atoms with van der Waals surface area (Å²) < 4.78 is 0. The smallest absolute Gasteiger partial charge is 0.321 e. The lowest BCUT2D eigenvalue weighted by molar-refractivity contribution is -0.121. The van der Waals surface area contributed by atoms with Crippen LogP contribution >= 0.6 is 11.6 Å². The van der Waals surface area contributed by atoms with Gasteiger partial charge in [-0.2, -0.15) is 0 Å².